The molecule has 6 heteroatoms. The Bertz CT molecular complexity index is 910. The molecule has 0 saturated heterocycles. The highest BCUT2D eigenvalue weighted by Gasteiger charge is 2.05. The number of amides is 2. The van der Waals surface area contributed by atoms with Crippen LogP contribution in [0.3, 0.4) is 0 Å². The van der Waals surface area contributed by atoms with Crippen LogP contribution in [-0.4, -0.2) is 23.0 Å². The normalized spacial score (nSPS) is 10.9. The molecule has 3 N–H and O–H groups in total. The summed E-state index contributed by atoms with van der Waals surface area (Å²) in [6.45, 7) is 1.43. The summed E-state index contributed by atoms with van der Waals surface area (Å²) in [6, 6.07) is 14.4. The second-order valence-electron chi connectivity index (χ2n) is 5.25. The molecule has 24 heavy (non-hydrogen) atoms. The molecule has 120 valence electrons. The van der Waals surface area contributed by atoms with Crippen LogP contribution in [0.4, 0.5) is 5.69 Å². The van der Waals surface area contributed by atoms with Crippen molar-refractivity contribution in [1.29, 1.82) is 0 Å². The van der Waals surface area contributed by atoms with Crippen molar-refractivity contribution >= 4 is 34.6 Å². The van der Waals surface area contributed by atoms with Crippen molar-refractivity contribution in [2.75, 3.05) is 5.32 Å². The number of hydrogen-bond acceptors (Lipinski definition) is 3. The first-order valence-corrected chi connectivity index (χ1v) is 7.40. The minimum Gasteiger partial charge on any atom is -0.361 e. The molecule has 0 bridgehead atoms. The van der Waals surface area contributed by atoms with Crippen LogP contribution in [-0.2, 0) is 4.79 Å². The summed E-state index contributed by atoms with van der Waals surface area (Å²) in [5, 5.41) is 7.68. The van der Waals surface area contributed by atoms with Crippen LogP contribution in [0.2, 0.25) is 0 Å². The van der Waals surface area contributed by atoms with Gasteiger partial charge in [0, 0.05) is 40.8 Å². The van der Waals surface area contributed by atoms with E-state index in [1.54, 1.807) is 30.5 Å². The lowest BCUT2D eigenvalue weighted by atomic mass is 10.2. The van der Waals surface area contributed by atoms with E-state index >= 15 is 0 Å². The van der Waals surface area contributed by atoms with Crippen molar-refractivity contribution in [3.8, 4) is 0 Å². The first-order valence-electron chi connectivity index (χ1n) is 7.40. The standard InChI is InChI=1S/C18H16N4O2/c1-12(23)21-15-8-6-13(7-9-15)18(24)22-20-11-14-10-19-17-5-3-2-4-16(14)17/h2-11,19H,1H3,(H,21,23)(H,22,24). The summed E-state index contributed by atoms with van der Waals surface area (Å²) >= 11 is 0. The van der Waals surface area contributed by atoms with E-state index < -0.39 is 0 Å². The topological polar surface area (TPSA) is 86.3 Å². The maximum absolute atomic E-state index is 12.1. The summed E-state index contributed by atoms with van der Waals surface area (Å²) in [4.78, 5) is 26.2. The molecule has 2 aromatic carbocycles. The lowest BCUT2D eigenvalue weighted by Crippen LogP contribution is -2.17. The molecular weight excluding hydrogens is 304 g/mol. The number of aromatic nitrogens is 1. The van der Waals surface area contributed by atoms with E-state index in [1.807, 2.05) is 30.5 Å². The van der Waals surface area contributed by atoms with E-state index in [0.29, 0.717) is 11.3 Å². The van der Waals surface area contributed by atoms with Gasteiger partial charge in [-0.1, -0.05) is 18.2 Å². The number of aromatic amines is 1. The highest BCUT2D eigenvalue weighted by Crippen LogP contribution is 2.15. The van der Waals surface area contributed by atoms with Gasteiger partial charge in [-0.2, -0.15) is 5.10 Å². The molecule has 6 nitrogen and oxygen atoms in total. The van der Waals surface area contributed by atoms with E-state index in [1.165, 1.54) is 6.92 Å². The number of hydrogen-bond donors (Lipinski definition) is 3. The van der Waals surface area contributed by atoms with Crippen molar-refractivity contribution in [1.82, 2.24) is 10.4 Å². The smallest absolute Gasteiger partial charge is 0.271 e. The molecule has 0 unspecified atom stereocenters. The summed E-state index contributed by atoms with van der Waals surface area (Å²) in [6.07, 6.45) is 3.44. The number of H-pyrrole nitrogens is 1. The van der Waals surface area contributed by atoms with Crippen molar-refractivity contribution < 1.29 is 9.59 Å². The highest BCUT2D eigenvalue weighted by atomic mass is 16.2. The van der Waals surface area contributed by atoms with Crippen LogP contribution in [0.15, 0.2) is 59.8 Å². The summed E-state index contributed by atoms with van der Waals surface area (Å²) in [7, 11) is 0. The van der Waals surface area contributed by atoms with Gasteiger partial charge in [-0.25, -0.2) is 5.43 Å². The van der Waals surface area contributed by atoms with E-state index in [0.717, 1.165) is 16.5 Å². The molecule has 1 heterocycles. The fourth-order valence-electron chi connectivity index (χ4n) is 2.33. The fourth-order valence-corrected chi connectivity index (χ4v) is 2.33. The molecule has 0 atom stereocenters. The number of hydrazone groups is 1. The van der Waals surface area contributed by atoms with Gasteiger partial charge in [-0.05, 0) is 30.3 Å². The first-order chi connectivity index (χ1) is 11.6. The van der Waals surface area contributed by atoms with Gasteiger partial charge in [-0.15, -0.1) is 0 Å². The Labute approximate surface area is 138 Å². The Morgan fingerprint density at radius 3 is 2.58 bits per heavy atom. The zero-order chi connectivity index (χ0) is 16.9. The summed E-state index contributed by atoms with van der Waals surface area (Å²) < 4.78 is 0. The molecule has 3 aromatic rings. The van der Waals surface area contributed by atoms with Gasteiger partial charge in [0.05, 0.1) is 6.21 Å². The Morgan fingerprint density at radius 2 is 1.83 bits per heavy atom. The quantitative estimate of drug-likeness (QED) is 0.510. The Kier molecular flexibility index (Phi) is 4.38. The Morgan fingerprint density at radius 1 is 1.08 bits per heavy atom. The van der Waals surface area contributed by atoms with Crippen LogP contribution >= 0.6 is 0 Å². The van der Waals surface area contributed by atoms with Crippen LogP contribution < -0.4 is 10.7 Å². The largest absolute Gasteiger partial charge is 0.361 e. The monoisotopic (exact) mass is 320 g/mol. The highest BCUT2D eigenvalue weighted by molar-refractivity contribution is 6.00. The Balaban J connectivity index is 1.65. The van der Waals surface area contributed by atoms with Crippen molar-refractivity contribution in [2.45, 2.75) is 6.92 Å². The van der Waals surface area contributed by atoms with Crippen LogP contribution in [0.25, 0.3) is 10.9 Å². The van der Waals surface area contributed by atoms with Gasteiger partial charge in [0.2, 0.25) is 5.91 Å². The maximum atomic E-state index is 12.1. The summed E-state index contributed by atoms with van der Waals surface area (Å²) in [5.41, 5.74) is 5.50. The molecule has 0 aliphatic carbocycles. The van der Waals surface area contributed by atoms with E-state index in [4.69, 9.17) is 0 Å². The molecule has 1 aromatic heterocycles. The molecule has 0 spiro atoms. The SMILES string of the molecule is CC(=O)Nc1ccc(C(=O)NN=Cc2c[nH]c3ccccc23)cc1. The molecule has 0 saturated carbocycles. The molecule has 2 amide bonds. The zero-order valence-electron chi connectivity index (χ0n) is 13.0. The average molecular weight is 320 g/mol. The molecule has 0 aliphatic rings. The lowest BCUT2D eigenvalue weighted by molar-refractivity contribution is -0.114. The summed E-state index contributed by atoms with van der Waals surface area (Å²) in [5.74, 6) is -0.476. The number of fused-ring (bicyclic) bond motifs is 1. The molecule has 3 rings (SSSR count). The van der Waals surface area contributed by atoms with Gasteiger partial charge in [-0.3, -0.25) is 9.59 Å². The lowest BCUT2D eigenvalue weighted by Gasteiger charge is -2.03. The van der Waals surface area contributed by atoms with Gasteiger partial charge >= 0.3 is 0 Å². The number of para-hydroxylation sites is 1. The third kappa shape index (κ3) is 3.49. The number of carbonyl (C=O) groups is 2. The second kappa shape index (κ2) is 6.78. The minimum absolute atomic E-state index is 0.157. The molecule has 0 aliphatic heterocycles. The first kappa shape index (κ1) is 15.5. The molecular formula is C18H16N4O2. The number of anilines is 1. The van der Waals surface area contributed by atoms with Crippen molar-refractivity contribution in [3.05, 3.63) is 65.9 Å². The third-order valence-corrected chi connectivity index (χ3v) is 3.46. The third-order valence-electron chi connectivity index (χ3n) is 3.46. The van der Waals surface area contributed by atoms with E-state index in [9.17, 15) is 9.59 Å². The number of nitrogens with one attached hydrogen (secondary N) is 3. The van der Waals surface area contributed by atoms with Crippen LogP contribution in [0.5, 0.6) is 0 Å². The Hall–Kier alpha value is -3.41. The number of nitrogens with zero attached hydrogens (tertiary/aromatic N) is 1. The maximum Gasteiger partial charge on any atom is 0.271 e. The number of benzene rings is 2. The van der Waals surface area contributed by atoms with E-state index in [2.05, 4.69) is 20.8 Å². The molecule has 0 fully saturated rings. The zero-order valence-corrected chi connectivity index (χ0v) is 13.0. The minimum atomic E-state index is -0.319. The number of rotatable bonds is 4. The van der Waals surface area contributed by atoms with Gasteiger partial charge in [0.25, 0.3) is 5.91 Å². The predicted octanol–water partition coefficient (Wildman–Crippen LogP) is 2.89. The van der Waals surface area contributed by atoms with Gasteiger partial charge in [0.1, 0.15) is 0 Å². The van der Waals surface area contributed by atoms with Crippen molar-refractivity contribution in [2.24, 2.45) is 5.10 Å². The van der Waals surface area contributed by atoms with Gasteiger partial charge in [0.15, 0.2) is 0 Å². The van der Waals surface area contributed by atoms with Crippen LogP contribution in [0, 0.1) is 0 Å². The average Bonchev–Trinajstić information content (AvgIpc) is 2.98. The number of carbonyl (C=O) groups excluding carboxylic acids is 2. The molecule has 0 radical (unpaired) electrons. The van der Waals surface area contributed by atoms with E-state index in [-0.39, 0.29) is 11.8 Å². The fraction of sp³-hybridized carbons (Fsp3) is 0.0556. The van der Waals surface area contributed by atoms with Crippen LogP contribution in [0.1, 0.15) is 22.8 Å². The van der Waals surface area contributed by atoms with Gasteiger partial charge < -0.3 is 10.3 Å². The predicted molar refractivity (Wildman–Crippen MR) is 94.1 cm³/mol. The van der Waals surface area contributed by atoms with Crippen molar-refractivity contribution in [3.63, 3.8) is 0 Å². The second-order valence-corrected chi connectivity index (χ2v) is 5.25.